The van der Waals surface area contributed by atoms with Crippen molar-refractivity contribution in [1.82, 2.24) is 9.97 Å². The van der Waals surface area contributed by atoms with Gasteiger partial charge in [-0.25, -0.2) is 9.97 Å². The maximum atomic E-state index is 5.91. The summed E-state index contributed by atoms with van der Waals surface area (Å²) in [5, 5.41) is 0.536. The maximum Gasteiger partial charge on any atom is 0.132 e. The molecule has 2 nitrogen and oxygen atoms in total. The van der Waals surface area contributed by atoms with Crippen LogP contribution in [-0.2, 0) is 0 Å². The minimum Gasteiger partial charge on any atom is -0.241 e. The third-order valence-electron chi connectivity index (χ3n) is 3.54. The summed E-state index contributed by atoms with van der Waals surface area (Å²) in [6.07, 6.45) is 3.97. The average Bonchev–Trinajstić information content (AvgIpc) is 2.29. The van der Waals surface area contributed by atoms with Crippen molar-refractivity contribution >= 4 is 11.6 Å². The van der Waals surface area contributed by atoms with E-state index in [9.17, 15) is 0 Å². The molecule has 1 heterocycles. The van der Waals surface area contributed by atoms with Crippen LogP contribution in [0.4, 0.5) is 0 Å². The van der Waals surface area contributed by atoms with Gasteiger partial charge in [-0.3, -0.25) is 0 Å². The van der Waals surface area contributed by atoms with Gasteiger partial charge in [0.2, 0.25) is 0 Å². The molecule has 3 rings (SSSR count). The van der Waals surface area contributed by atoms with Crippen molar-refractivity contribution in [1.29, 1.82) is 0 Å². The van der Waals surface area contributed by atoms with Crippen LogP contribution in [0, 0.1) is 0 Å². The molecular weight excluding hydrogens is 232 g/mol. The second-order valence-electron chi connectivity index (χ2n) is 4.47. The van der Waals surface area contributed by atoms with Crippen LogP contribution in [0.15, 0.2) is 42.7 Å². The Labute approximate surface area is 106 Å². The van der Waals surface area contributed by atoms with E-state index in [-0.39, 0.29) is 0 Å². The van der Waals surface area contributed by atoms with Gasteiger partial charge in [-0.15, -0.1) is 0 Å². The van der Waals surface area contributed by atoms with Crippen LogP contribution in [0.1, 0.15) is 35.9 Å². The van der Waals surface area contributed by atoms with Crippen molar-refractivity contribution < 1.29 is 0 Å². The SMILES string of the molecule is Clc1cc(C2CCC2c2ccccc2)ncn1. The zero-order chi connectivity index (χ0) is 11.7. The summed E-state index contributed by atoms with van der Waals surface area (Å²) >= 11 is 5.91. The van der Waals surface area contributed by atoms with Gasteiger partial charge in [-0.2, -0.15) is 0 Å². The molecule has 0 amide bonds. The van der Waals surface area contributed by atoms with Gasteiger partial charge in [0, 0.05) is 11.6 Å². The lowest BCUT2D eigenvalue weighted by Gasteiger charge is -2.36. The van der Waals surface area contributed by atoms with Gasteiger partial charge in [0.05, 0.1) is 0 Å². The van der Waals surface area contributed by atoms with E-state index in [4.69, 9.17) is 11.6 Å². The van der Waals surface area contributed by atoms with Crippen LogP contribution in [0.5, 0.6) is 0 Å². The Kier molecular flexibility index (Phi) is 2.81. The minimum absolute atomic E-state index is 0.498. The third-order valence-corrected chi connectivity index (χ3v) is 3.74. The molecule has 1 aromatic heterocycles. The lowest BCUT2D eigenvalue weighted by atomic mass is 9.68. The van der Waals surface area contributed by atoms with Gasteiger partial charge < -0.3 is 0 Å². The fourth-order valence-corrected chi connectivity index (χ4v) is 2.66. The van der Waals surface area contributed by atoms with Crippen LogP contribution in [0.3, 0.4) is 0 Å². The Morgan fingerprint density at radius 3 is 2.41 bits per heavy atom. The van der Waals surface area contributed by atoms with Crippen molar-refractivity contribution in [3.63, 3.8) is 0 Å². The second-order valence-corrected chi connectivity index (χ2v) is 4.85. The van der Waals surface area contributed by atoms with Gasteiger partial charge in [-0.1, -0.05) is 41.9 Å². The third kappa shape index (κ3) is 2.05. The fourth-order valence-electron chi connectivity index (χ4n) is 2.50. The molecule has 1 aliphatic carbocycles. The predicted molar refractivity (Wildman–Crippen MR) is 68.2 cm³/mol. The minimum atomic E-state index is 0.498. The quantitative estimate of drug-likeness (QED) is 0.751. The highest BCUT2D eigenvalue weighted by Crippen LogP contribution is 2.48. The molecule has 1 saturated carbocycles. The molecule has 3 heteroatoms. The summed E-state index contributed by atoms with van der Waals surface area (Å²) in [6.45, 7) is 0. The summed E-state index contributed by atoms with van der Waals surface area (Å²) in [5.41, 5.74) is 2.48. The molecule has 0 bridgehead atoms. The zero-order valence-electron chi connectivity index (χ0n) is 9.38. The first-order valence-corrected chi connectivity index (χ1v) is 6.25. The van der Waals surface area contributed by atoms with Crippen molar-refractivity contribution in [2.75, 3.05) is 0 Å². The molecule has 0 N–H and O–H groups in total. The van der Waals surface area contributed by atoms with Crippen molar-refractivity contribution in [2.45, 2.75) is 24.7 Å². The zero-order valence-corrected chi connectivity index (χ0v) is 10.1. The van der Waals surface area contributed by atoms with Crippen LogP contribution >= 0.6 is 11.6 Å². The molecule has 1 fully saturated rings. The summed E-state index contributed by atoms with van der Waals surface area (Å²) in [5.74, 6) is 1.08. The summed E-state index contributed by atoms with van der Waals surface area (Å²) in [4.78, 5) is 8.27. The molecular formula is C14H13ClN2. The molecule has 2 unspecified atom stereocenters. The number of hydrogen-bond donors (Lipinski definition) is 0. The van der Waals surface area contributed by atoms with E-state index in [1.807, 2.05) is 6.07 Å². The maximum absolute atomic E-state index is 5.91. The topological polar surface area (TPSA) is 25.8 Å². The van der Waals surface area contributed by atoms with E-state index in [0.29, 0.717) is 17.0 Å². The van der Waals surface area contributed by atoms with Gasteiger partial charge in [0.1, 0.15) is 11.5 Å². The van der Waals surface area contributed by atoms with E-state index in [0.717, 1.165) is 5.69 Å². The average molecular weight is 245 g/mol. The first-order valence-electron chi connectivity index (χ1n) is 5.87. The lowest BCUT2D eigenvalue weighted by molar-refractivity contribution is 0.339. The Balaban J connectivity index is 1.86. The summed E-state index contributed by atoms with van der Waals surface area (Å²) in [7, 11) is 0. The molecule has 0 aliphatic heterocycles. The molecule has 86 valence electrons. The summed E-state index contributed by atoms with van der Waals surface area (Å²) < 4.78 is 0. The number of benzene rings is 1. The van der Waals surface area contributed by atoms with Gasteiger partial charge in [0.25, 0.3) is 0 Å². The Morgan fingerprint density at radius 1 is 1.00 bits per heavy atom. The van der Waals surface area contributed by atoms with Gasteiger partial charge in [-0.05, 0) is 30.4 Å². The predicted octanol–water partition coefficient (Wildman–Crippen LogP) is 3.79. The molecule has 1 aromatic carbocycles. The molecule has 2 atom stereocenters. The highest BCUT2D eigenvalue weighted by Gasteiger charge is 2.34. The van der Waals surface area contributed by atoms with Gasteiger partial charge >= 0.3 is 0 Å². The Morgan fingerprint density at radius 2 is 1.76 bits per heavy atom. The first kappa shape index (κ1) is 10.7. The number of aromatic nitrogens is 2. The van der Waals surface area contributed by atoms with Crippen LogP contribution in [0.25, 0.3) is 0 Å². The lowest BCUT2D eigenvalue weighted by Crippen LogP contribution is -2.22. The van der Waals surface area contributed by atoms with Crippen molar-refractivity contribution in [2.24, 2.45) is 0 Å². The molecule has 0 spiro atoms. The molecule has 17 heavy (non-hydrogen) atoms. The molecule has 1 aliphatic rings. The monoisotopic (exact) mass is 244 g/mol. The van der Waals surface area contributed by atoms with E-state index in [2.05, 4.69) is 40.3 Å². The summed E-state index contributed by atoms with van der Waals surface area (Å²) in [6, 6.07) is 12.5. The van der Waals surface area contributed by atoms with Crippen LogP contribution in [0.2, 0.25) is 5.15 Å². The Hall–Kier alpha value is -1.41. The highest BCUT2D eigenvalue weighted by atomic mass is 35.5. The van der Waals surface area contributed by atoms with Crippen LogP contribution < -0.4 is 0 Å². The van der Waals surface area contributed by atoms with Crippen LogP contribution in [-0.4, -0.2) is 9.97 Å². The van der Waals surface area contributed by atoms with E-state index in [1.165, 1.54) is 18.4 Å². The van der Waals surface area contributed by atoms with E-state index in [1.54, 1.807) is 6.33 Å². The number of nitrogens with zero attached hydrogens (tertiary/aromatic N) is 2. The van der Waals surface area contributed by atoms with E-state index < -0.39 is 0 Å². The normalized spacial score (nSPS) is 23.1. The standard InChI is InChI=1S/C14H13ClN2/c15-14-8-13(16-9-17-14)12-7-6-11(12)10-4-2-1-3-5-10/h1-5,8-9,11-12H,6-7H2. The number of halogens is 1. The highest BCUT2D eigenvalue weighted by molar-refractivity contribution is 6.29. The van der Waals surface area contributed by atoms with Gasteiger partial charge in [0.15, 0.2) is 0 Å². The number of rotatable bonds is 2. The molecule has 0 saturated heterocycles. The van der Waals surface area contributed by atoms with E-state index >= 15 is 0 Å². The first-order chi connectivity index (χ1) is 8.34. The molecule has 0 radical (unpaired) electrons. The molecule has 2 aromatic rings. The van der Waals surface area contributed by atoms with Crippen molar-refractivity contribution in [3.05, 3.63) is 59.1 Å². The fraction of sp³-hybridized carbons (Fsp3) is 0.286. The Bertz CT molecular complexity index is 513. The smallest absolute Gasteiger partial charge is 0.132 e. The van der Waals surface area contributed by atoms with Crippen molar-refractivity contribution in [3.8, 4) is 0 Å². The number of hydrogen-bond acceptors (Lipinski definition) is 2. The second kappa shape index (κ2) is 4.46. The largest absolute Gasteiger partial charge is 0.241 e.